The molecular formula is C46H46N4O7S2. The molecule has 0 aliphatic carbocycles. The summed E-state index contributed by atoms with van der Waals surface area (Å²) in [5.41, 5.74) is 3.76. The summed E-state index contributed by atoms with van der Waals surface area (Å²) in [7, 11) is 0. The number of carbonyl (C=O) groups is 5. The molecule has 0 radical (unpaired) electrons. The van der Waals surface area contributed by atoms with Crippen molar-refractivity contribution >= 4 is 69.6 Å². The summed E-state index contributed by atoms with van der Waals surface area (Å²) in [5.74, 6) is -1.89. The maximum Gasteiger partial charge on any atom is 0.410 e. The zero-order chi connectivity index (χ0) is 42.1. The predicted molar refractivity (Wildman–Crippen MR) is 232 cm³/mol. The van der Waals surface area contributed by atoms with Gasteiger partial charge in [0.25, 0.3) is 11.8 Å². The standard InChI is InChI=1S/C46H46N4O7S2/c1-6-56-44(54)38-35-24-25-50(45(55)57-46(3,4)5)28-37(35)59-43(38)49-42(53)39(31-14-9-7-10-15-31)58-34-19-13-18-33(27-34)47-41(52)36(26-30-22-20-29(2)21-23-30)48-40(51)32-16-11-8-12-17-32/h7-23,26-27,39H,6,24-25,28H2,1-5H3,(H,47,52)(H,48,51)(H,49,53)/b36-26+. The number of nitrogens with one attached hydrogen (secondary N) is 3. The molecule has 4 aromatic carbocycles. The number of thiophene rings is 1. The van der Waals surface area contributed by atoms with E-state index in [1.54, 1.807) is 81.1 Å². The first kappa shape index (κ1) is 42.4. The molecule has 2 heterocycles. The minimum absolute atomic E-state index is 0.0487. The van der Waals surface area contributed by atoms with Crippen molar-refractivity contribution in [3.05, 3.63) is 153 Å². The Morgan fingerprint density at radius 3 is 2.25 bits per heavy atom. The van der Waals surface area contributed by atoms with E-state index in [-0.39, 0.29) is 24.8 Å². The second-order valence-corrected chi connectivity index (χ2v) is 17.0. The zero-order valence-corrected chi connectivity index (χ0v) is 35.1. The molecule has 6 rings (SSSR count). The average Bonchev–Trinajstić information content (AvgIpc) is 3.57. The largest absolute Gasteiger partial charge is 0.462 e. The summed E-state index contributed by atoms with van der Waals surface area (Å²) >= 11 is 2.51. The fraction of sp³-hybridized carbons (Fsp3) is 0.239. The Balaban J connectivity index is 1.25. The molecule has 304 valence electrons. The molecular weight excluding hydrogens is 785 g/mol. The van der Waals surface area contributed by atoms with Crippen LogP contribution in [0.3, 0.4) is 0 Å². The Kier molecular flexibility index (Phi) is 13.7. The second-order valence-electron chi connectivity index (χ2n) is 14.7. The molecule has 1 aliphatic heterocycles. The van der Waals surface area contributed by atoms with Gasteiger partial charge in [0.2, 0.25) is 5.91 Å². The van der Waals surface area contributed by atoms with Crippen LogP contribution in [0.25, 0.3) is 6.08 Å². The van der Waals surface area contributed by atoms with Gasteiger partial charge in [-0.15, -0.1) is 23.1 Å². The number of fused-ring (bicyclic) bond motifs is 1. The number of aryl methyl sites for hydroxylation is 1. The van der Waals surface area contributed by atoms with E-state index in [9.17, 15) is 24.0 Å². The van der Waals surface area contributed by atoms with Crippen LogP contribution in [-0.2, 0) is 32.0 Å². The van der Waals surface area contributed by atoms with Crippen molar-refractivity contribution in [1.29, 1.82) is 0 Å². The fourth-order valence-corrected chi connectivity index (χ4v) is 8.56. The number of amides is 4. The third-order valence-corrected chi connectivity index (χ3v) is 11.4. The lowest BCUT2D eigenvalue weighted by Crippen LogP contribution is -2.39. The molecule has 1 aliphatic rings. The van der Waals surface area contributed by atoms with E-state index in [1.807, 2.05) is 73.7 Å². The number of hydrogen-bond acceptors (Lipinski definition) is 9. The average molecular weight is 831 g/mol. The van der Waals surface area contributed by atoms with Gasteiger partial charge in [-0.2, -0.15) is 0 Å². The molecule has 1 atom stereocenters. The van der Waals surface area contributed by atoms with Crippen LogP contribution in [0, 0.1) is 6.92 Å². The highest BCUT2D eigenvalue weighted by Gasteiger charge is 2.34. The van der Waals surface area contributed by atoms with Crippen LogP contribution in [-0.4, -0.2) is 53.4 Å². The van der Waals surface area contributed by atoms with Gasteiger partial charge in [0.15, 0.2) is 0 Å². The second kappa shape index (κ2) is 19.0. The lowest BCUT2D eigenvalue weighted by Gasteiger charge is -2.30. The molecule has 3 N–H and O–H groups in total. The summed E-state index contributed by atoms with van der Waals surface area (Å²) in [4.78, 5) is 70.8. The highest BCUT2D eigenvalue weighted by Crippen LogP contribution is 2.41. The predicted octanol–water partition coefficient (Wildman–Crippen LogP) is 9.41. The number of rotatable bonds is 12. The first-order chi connectivity index (χ1) is 28.3. The molecule has 1 unspecified atom stereocenters. The van der Waals surface area contributed by atoms with Gasteiger partial charge in [0.1, 0.15) is 21.5 Å². The lowest BCUT2D eigenvalue weighted by atomic mass is 10.0. The minimum atomic E-state index is -0.781. The molecule has 5 aromatic rings. The van der Waals surface area contributed by atoms with Crippen LogP contribution in [0.5, 0.6) is 0 Å². The van der Waals surface area contributed by atoms with Crippen LogP contribution in [0.2, 0.25) is 0 Å². The molecule has 0 fully saturated rings. The van der Waals surface area contributed by atoms with Crippen molar-refractivity contribution < 1.29 is 33.4 Å². The highest BCUT2D eigenvalue weighted by molar-refractivity contribution is 8.00. The maximum absolute atomic E-state index is 14.4. The number of hydrogen-bond donors (Lipinski definition) is 3. The van der Waals surface area contributed by atoms with Crippen molar-refractivity contribution in [2.75, 3.05) is 23.8 Å². The number of esters is 1. The van der Waals surface area contributed by atoms with Gasteiger partial charge in [-0.3, -0.25) is 14.4 Å². The van der Waals surface area contributed by atoms with E-state index in [2.05, 4.69) is 16.0 Å². The first-order valence-electron chi connectivity index (χ1n) is 19.2. The van der Waals surface area contributed by atoms with Crippen molar-refractivity contribution in [3.8, 4) is 0 Å². The SMILES string of the molecule is CCOC(=O)c1c(NC(=O)C(Sc2cccc(NC(=O)/C(=C\c3ccc(C)cc3)NC(=O)c3ccccc3)c2)c2ccccc2)sc2c1CCN(C(=O)OC(C)(C)C)C2. The third kappa shape index (κ3) is 11.3. The van der Waals surface area contributed by atoms with Gasteiger partial charge in [-0.1, -0.05) is 84.4 Å². The van der Waals surface area contributed by atoms with Gasteiger partial charge in [-0.05, 0) is 94.1 Å². The molecule has 0 saturated heterocycles. The number of carbonyl (C=O) groups excluding carboxylic acids is 5. The monoisotopic (exact) mass is 830 g/mol. The molecule has 13 heteroatoms. The third-order valence-electron chi connectivity index (χ3n) is 9.03. The maximum atomic E-state index is 14.4. The van der Waals surface area contributed by atoms with E-state index in [1.165, 1.54) is 23.1 Å². The van der Waals surface area contributed by atoms with E-state index in [0.717, 1.165) is 21.6 Å². The van der Waals surface area contributed by atoms with Crippen molar-refractivity contribution in [3.63, 3.8) is 0 Å². The van der Waals surface area contributed by atoms with Crippen LogP contribution >= 0.6 is 23.1 Å². The molecule has 0 spiro atoms. The van der Waals surface area contributed by atoms with Crippen LogP contribution in [0.15, 0.2) is 120 Å². The Hall–Kier alpha value is -6.18. The Morgan fingerprint density at radius 2 is 1.58 bits per heavy atom. The summed E-state index contributed by atoms with van der Waals surface area (Å²) in [6.45, 7) is 9.83. The highest BCUT2D eigenvalue weighted by atomic mass is 32.2. The normalized spacial score (nSPS) is 13.1. The smallest absolute Gasteiger partial charge is 0.410 e. The van der Waals surface area contributed by atoms with Crippen molar-refractivity contribution in [2.24, 2.45) is 0 Å². The Morgan fingerprint density at radius 1 is 0.881 bits per heavy atom. The van der Waals surface area contributed by atoms with Gasteiger partial charge in [0, 0.05) is 27.6 Å². The van der Waals surface area contributed by atoms with Gasteiger partial charge >= 0.3 is 12.1 Å². The van der Waals surface area contributed by atoms with Crippen molar-refractivity contribution in [1.82, 2.24) is 10.2 Å². The van der Waals surface area contributed by atoms with Gasteiger partial charge in [-0.25, -0.2) is 9.59 Å². The topological polar surface area (TPSA) is 143 Å². The zero-order valence-electron chi connectivity index (χ0n) is 33.5. The molecule has 0 bridgehead atoms. The van der Waals surface area contributed by atoms with Crippen LogP contribution < -0.4 is 16.0 Å². The quantitative estimate of drug-likeness (QED) is 0.0642. The number of anilines is 2. The fourth-order valence-electron chi connectivity index (χ4n) is 6.22. The Bertz CT molecular complexity index is 2350. The first-order valence-corrected chi connectivity index (χ1v) is 20.9. The lowest BCUT2D eigenvalue weighted by molar-refractivity contribution is -0.116. The van der Waals surface area contributed by atoms with E-state index in [4.69, 9.17) is 9.47 Å². The van der Waals surface area contributed by atoms with Gasteiger partial charge < -0.3 is 30.3 Å². The molecule has 4 amide bonds. The number of thioether (sulfide) groups is 1. The summed E-state index contributed by atoms with van der Waals surface area (Å²) in [6.07, 6.45) is 1.56. The molecule has 1 aromatic heterocycles. The summed E-state index contributed by atoms with van der Waals surface area (Å²) in [5, 5.41) is 8.28. The number of benzene rings is 4. The van der Waals surface area contributed by atoms with Crippen LogP contribution in [0.4, 0.5) is 15.5 Å². The minimum Gasteiger partial charge on any atom is -0.462 e. The summed E-state index contributed by atoms with van der Waals surface area (Å²) < 4.78 is 11.0. The van der Waals surface area contributed by atoms with E-state index < -0.39 is 34.7 Å². The number of ether oxygens (including phenoxy) is 2. The molecule has 59 heavy (non-hydrogen) atoms. The number of nitrogens with zero attached hydrogens (tertiary/aromatic N) is 1. The molecule has 11 nitrogen and oxygen atoms in total. The van der Waals surface area contributed by atoms with Gasteiger partial charge in [0.05, 0.1) is 18.7 Å². The Labute approximate surface area is 352 Å². The van der Waals surface area contributed by atoms with E-state index >= 15 is 0 Å². The summed E-state index contributed by atoms with van der Waals surface area (Å²) in [6, 6.07) is 32.6. The van der Waals surface area contributed by atoms with Crippen LogP contribution in [0.1, 0.15) is 80.8 Å². The molecule has 0 saturated carbocycles. The van der Waals surface area contributed by atoms with E-state index in [0.29, 0.717) is 45.2 Å². The van der Waals surface area contributed by atoms with Crippen molar-refractivity contribution in [2.45, 2.75) is 63.3 Å².